The van der Waals surface area contributed by atoms with Gasteiger partial charge in [-0.05, 0) is 41.8 Å². The second-order valence-corrected chi connectivity index (χ2v) is 6.23. The predicted octanol–water partition coefficient (Wildman–Crippen LogP) is 1.30. The first kappa shape index (κ1) is 17.9. The Labute approximate surface area is 148 Å². The zero-order valence-electron chi connectivity index (χ0n) is 13.8. The number of rotatable bonds is 5. The second kappa shape index (κ2) is 7.57. The Morgan fingerprint density at radius 2 is 2.19 bits per heavy atom. The van der Waals surface area contributed by atoms with E-state index in [0.717, 1.165) is 23.8 Å². The molecule has 26 heavy (non-hydrogen) atoms. The van der Waals surface area contributed by atoms with E-state index < -0.39 is 29.6 Å². The summed E-state index contributed by atoms with van der Waals surface area (Å²) >= 11 is 0. The monoisotopic (exact) mass is 360 g/mol. The summed E-state index contributed by atoms with van der Waals surface area (Å²) in [5.41, 5.74) is 6.82. The Morgan fingerprint density at radius 1 is 1.38 bits per heavy atom. The van der Waals surface area contributed by atoms with Gasteiger partial charge >= 0.3 is 0 Å². The van der Waals surface area contributed by atoms with Crippen LogP contribution in [0.15, 0.2) is 36.5 Å². The van der Waals surface area contributed by atoms with Crippen LogP contribution in [0.4, 0.5) is 14.6 Å². The first-order valence-corrected chi connectivity index (χ1v) is 8.16. The molecule has 3 rings (SSSR count). The van der Waals surface area contributed by atoms with Gasteiger partial charge in [-0.15, -0.1) is 0 Å². The molecular formula is C18H18F2N4O2. The van der Waals surface area contributed by atoms with Gasteiger partial charge in [0.15, 0.2) is 0 Å². The van der Waals surface area contributed by atoms with Crippen molar-refractivity contribution in [1.29, 1.82) is 0 Å². The summed E-state index contributed by atoms with van der Waals surface area (Å²) in [7, 11) is 0. The number of amides is 2. The van der Waals surface area contributed by atoms with Crippen LogP contribution in [-0.2, 0) is 22.4 Å². The zero-order valence-corrected chi connectivity index (χ0v) is 13.8. The van der Waals surface area contributed by atoms with Crippen molar-refractivity contribution in [2.45, 2.75) is 31.3 Å². The first-order valence-electron chi connectivity index (χ1n) is 8.16. The number of pyridine rings is 1. The minimum absolute atomic E-state index is 0.0145. The van der Waals surface area contributed by atoms with E-state index in [1.165, 1.54) is 0 Å². The average Bonchev–Trinajstić information content (AvgIpc) is 2.58. The fourth-order valence-electron chi connectivity index (χ4n) is 2.89. The molecule has 0 spiro atoms. The van der Waals surface area contributed by atoms with Crippen LogP contribution in [0.25, 0.3) is 0 Å². The van der Waals surface area contributed by atoms with Crippen LogP contribution in [-0.4, -0.2) is 28.9 Å². The lowest BCUT2D eigenvalue weighted by atomic mass is 10.0. The molecular weight excluding hydrogens is 342 g/mol. The van der Waals surface area contributed by atoms with Gasteiger partial charge < -0.3 is 16.4 Å². The van der Waals surface area contributed by atoms with E-state index in [9.17, 15) is 18.4 Å². The highest BCUT2D eigenvalue weighted by Crippen LogP contribution is 2.19. The Bertz CT molecular complexity index is 844. The van der Waals surface area contributed by atoms with Gasteiger partial charge in [-0.3, -0.25) is 9.59 Å². The zero-order chi connectivity index (χ0) is 18.7. The van der Waals surface area contributed by atoms with Crippen LogP contribution in [0, 0.1) is 11.6 Å². The minimum Gasteiger partial charge on any atom is -0.344 e. The maximum absolute atomic E-state index is 13.7. The molecule has 2 heterocycles. The van der Waals surface area contributed by atoms with Gasteiger partial charge in [0, 0.05) is 25.1 Å². The molecule has 2 aromatic rings. The summed E-state index contributed by atoms with van der Waals surface area (Å²) in [6.07, 6.45) is 1.80. The molecule has 136 valence electrons. The van der Waals surface area contributed by atoms with Crippen molar-refractivity contribution in [3.8, 4) is 0 Å². The number of carbonyl (C=O) groups excluding carboxylic acids is 2. The molecule has 1 aromatic carbocycles. The van der Waals surface area contributed by atoms with Crippen LogP contribution in [0.1, 0.15) is 17.5 Å². The van der Waals surface area contributed by atoms with E-state index in [-0.39, 0.29) is 24.3 Å². The third-order valence-corrected chi connectivity index (χ3v) is 4.15. The maximum Gasteiger partial charge on any atom is 0.248 e. The lowest BCUT2D eigenvalue weighted by Gasteiger charge is -2.25. The van der Waals surface area contributed by atoms with E-state index >= 15 is 0 Å². The van der Waals surface area contributed by atoms with Crippen molar-refractivity contribution < 1.29 is 18.4 Å². The summed E-state index contributed by atoms with van der Waals surface area (Å²) in [4.78, 5) is 28.3. The Kier molecular flexibility index (Phi) is 5.22. The molecule has 0 fully saturated rings. The Balaban J connectivity index is 1.57. The molecule has 0 radical (unpaired) electrons. The molecule has 1 aliphatic heterocycles. The molecule has 0 saturated heterocycles. The third kappa shape index (κ3) is 4.20. The smallest absolute Gasteiger partial charge is 0.248 e. The van der Waals surface area contributed by atoms with Crippen LogP contribution in [0.3, 0.4) is 0 Å². The van der Waals surface area contributed by atoms with Gasteiger partial charge in [-0.1, -0.05) is 6.07 Å². The average molecular weight is 360 g/mol. The van der Waals surface area contributed by atoms with Gasteiger partial charge in [0.2, 0.25) is 11.8 Å². The van der Waals surface area contributed by atoms with Gasteiger partial charge in [0.25, 0.3) is 0 Å². The SMILES string of the molecule is N[C@@H](CC(=O)NC1Cc2cccnc2NC1=O)Cc1cc(F)ccc1F. The highest BCUT2D eigenvalue weighted by atomic mass is 19.1. The number of nitrogens with one attached hydrogen (secondary N) is 2. The van der Waals surface area contributed by atoms with Gasteiger partial charge in [0.1, 0.15) is 23.5 Å². The van der Waals surface area contributed by atoms with Crippen molar-refractivity contribution in [2.24, 2.45) is 5.73 Å². The summed E-state index contributed by atoms with van der Waals surface area (Å²) in [5, 5.41) is 5.26. The van der Waals surface area contributed by atoms with Crippen LogP contribution < -0.4 is 16.4 Å². The molecule has 0 saturated carbocycles. The van der Waals surface area contributed by atoms with Crippen molar-refractivity contribution in [3.05, 3.63) is 59.3 Å². The summed E-state index contributed by atoms with van der Waals surface area (Å²) in [6.45, 7) is 0. The summed E-state index contributed by atoms with van der Waals surface area (Å²) in [5.74, 6) is -1.43. The first-order chi connectivity index (χ1) is 12.4. The molecule has 1 aliphatic rings. The van der Waals surface area contributed by atoms with E-state index in [1.807, 2.05) is 6.07 Å². The maximum atomic E-state index is 13.7. The molecule has 2 atom stereocenters. The topological polar surface area (TPSA) is 97.1 Å². The van der Waals surface area contributed by atoms with E-state index in [1.54, 1.807) is 12.3 Å². The van der Waals surface area contributed by atoms with Crippen molar-refractivity contribution in [3.63, 3.8) is 0 Å². The molecule has 0 bridgehead atoms. The number of hydrogen-bond donors (Lipinski definition) is 3. The predicted molar refractivity (Wildman–Crippen MR) is 91.2 cm³/mol. The second-order valence-electron chi connectivity index (χ2n) is 6.23. The largest absolute Gasteiger partial charge is 0.344 e. The number of hydrogen-bond acceptors (Lipinski definition) is 4. The van der Waals surface area contributed by atoms with E-state index in [4.69, 9.17) is 5.73 Å². The fraction of sp³-hybridized carbons (Fsp3) is 0.278. The van der Waals surface area contributed by atoms with Gasteiger partial charge in [-0.2, -0.15) is 0 Å². The Hall–Kier alpha value is -2.87. The highest BCUT2D eigenvalue weighted by molar-refractivity contribution is 5.99. The number of nitrogens with two attached hydrogens (primary N) is 1. The number of benzene rings is 1. The lowest BCUT2D eigenvalue weighted by molar-refractivity contribution is -0.126. The van der Waals surface area contributed by atoms with Gasteiger partial charge in [-0.25, -0.2) is 13.8 Å². The standard InChI is InChI=1S/C18H18F2N4O2/c19-12-3-4-14(20)11(6-12)7-13(21)9-16(25)23-15-8-10-2-1-5-22-17(10)24-18(15)26/h1-6,13,15H,7-9,21H2,(H,23,25)(H,22,24,26)/t13-,15?/m1/s1. The molecule has 4 N–H and O–H groups in total. The highest BCUT2D eigenvalue weighted by Gasteiger charge is 2.28. The van der Waals surface area contributed by atoms with Crippen LogP contribution in [0.5, 0.6) is 0 Å². The number of halogens is 2. The number of aromatic nitrogens is 1. The number of carbonyl (C=O) groups is 2. The molecule has 0 aliphatic carbocycles. The van der Waals surface area contributed by atoms with Crippen LogP contribution >= 0.6 is 0 Å². The molecule has 8 heteroatoms. The normalized spacial score (nSPS) is 17.2. The minimum atomic E-state index is -0.725. The molecule has 2 amide bonds. The van der Waals surface area contributed by atoms with Crippen molar-refractivity contribution in [1.82, 2.24) is 10.3 Å². The molecule has 6 nitrogen and oxygen atoms in total. The quantitative estimate of drug-likeness (QED) is 0.749. The summed E-state index contributed by atoms with van der Waals surface area (Å²) in [6, 6.07) is 5.24. The van der Waals surface area contributed by atoms with Crippen molar-refractivity contribution >= 4 is 17.6 Å². The third-order valence-electron chi connectivity index (χ3n) is 4.15. The molecule has 1 unspecified atom stereocenters. The van der Waals surface area contributed by atoms with E-state index in [2.05, 4.69) is 15.6 Å². The number of anilines is 1. The molecule has 1 aromatic heterocycles. The fourth-order valence-corrected chi connectivity index (χ4v) is 2.89. The van der Waals surface area contributed by atoms with Gasteiger partial charge in [0.05, 0.1) is 0 Å². The lowest BCUT2D eigenvalue weighted by Crippen LogP contribution is -2.49. The van der Waals surface area contributed by atoms with Crippen LogP contribution in [0.2, 0.25) is 0 Å². The Morgan fingerprint density at radius 3 is 3.00 bits per heavy atom. The van der Waals surface area contributed by atoms with Crippen molar-refractivity contribution in [2.75, 3.05) is 5.32 Å². The number of fused-ring (bicyclic) bond motifs is 1. The summed E-state index contributed by atoms with van der Waals surface area (Å²) < 4.78 is 26.8. The van der Waals surface area contributed by atoms with E-state index in [0.29, 0.717) is 12.2 Å². The number of nitrogens with zero attached hydrogens (tertiary/aromatic N) is 1.